The van der Waals surface area contributed by atoms with Crippen molar-refractivity contribution in [2.45, 2.75) is 38.6 Å². The van der Waals surface area contributed by atoms with Crippen LogP contribution in [-0.4, -0.2) is 60.4 Å². The van der Waals surface area contributed by atoms with Crippen LogP contribution in [0.25, 0.3) is 0 Å². The summed E-state index contributed by atoms with van der Waals surface area (Å²) >= 11 is 0. The van der Waals surface area contributed by atoms with Crippen molar-refractivity contribution in [3.8, 4) is 0 Å². The molecule has 5 nitrogen and oxygen atoms in total. The number of benzene rings is 1. The van der Waals surface area contributed by atoms with Crippen molar-refractivity contribution in [3.05, 3.63) is 35.4 Å². The first-order chi connectivity index (χ1) is 11.6. The van der Waals surface area contributed by atoms with E-state index < -0.39 is 0 Å². The van der Waals surface area contributed by atoms with Crippen LogP contribution in [0.4, 0.5) is 0 Å². The minimum absolute atomic E-state index is 0.163. The third kappa shape index (κ3) is 4.81. The molecule has 0 radical (unpaired) electrons. The Morgan fingerprint density at radius 3 is 2.50 bits per heavy atom. The summed E-state index contributed by atoms with van der Waals surface area (Å²) in [5.74, 6) is 0.367. The lowest BCUT2D eigenvalue weighted by molar-refractivity contribution is -0.132. The van der Waals surface area contributed by atoms with E-state index in [-0.39, 0.29) is 11.8 Å². The van der Waals surface area contributed by atoms with E-state index >= 15 is 0 Å². The lowest BCUT2D eigenvalue weighted by atomic mass is 10.1. The van der Waals surface area contributed by atoms with Gasteiger partial charge in [-0.2, -0.15) is 0 Å². The van der Waals surface area contributed by atoms with Gasteiger partial charge >= 0.3 is 0 Å². The molecule has 1 saturated heterocycles. The molecular weight excluding hydrogens is 302 g/mol. The highest BCUT2D eigenvalue weighted by atomic mass is 16.2. The summed E-state index contributed by atoms with van der Waals surface area (Å²) in [5.41, 5.74) is 2.29. The number of carbonyl (C=O) groups is 2. The Labute approximate surface area is 144 Å². The van der Waals surface area contributed by atoms with Gasteiger partial charge in [0.2, 0.25) is 11.8 Å². The molecule has 24 heavy (non-hydrogen) atoms. The number of nitrogens with zero attached hydrogens (tertiary/aromatic N) is 2. The Hall–Kier alpha value is -1.88. The first-order valence-corrected chi connectivity index (χ1v) is 8.96. The standard InChI is InChI=1S/C19H27N3O2/c1-15-4-2-3-5-16(15)14-19(24)22-12-10-21(11-13-22)9-8-18(23)20-17-6-7-17/h2-5,17H,6-14H2,1H3,(H,20,23). The van der Waals surface area contributed by atoms with Gasteiger partial charge in [-0.3, -0.25) is 14.5 Å². The molecule has 1 aliphatic heterocycles. The van der Waals surface area contributed by atoms with Crippen LogP contribution in [0.15, 0.2) is 24.3 Å². The monoisotopic (exact) mass is 329 g/mol. The van der Waals surface area contributed by atoms with E-state index in [0.717, 1.165) is 51.1 Å². The Bertz CT molecular complexity index is 590. The number of carbonyl (C=O) groups excluding carboxylic acids is 2. The van der Waals surface area contributed by atoms with E-state index in [1.165, 1.54) is 5.56 Å². The van der Waals surface area contributed by atoms with Crippen molar-refractivity contribution in [2.24, 2.45) is 0 Å². The maximum atomic E-state index is 12.5. The molecule has 5 heteroatoms. The zero-order valence-electron chi connectivity index (χ0n) is 14.5. The molecule has 1 saturated carbocycles. The second-order valence-electron chi connectivity index (χ2n) is 6.92. The van der Waals surface area contributed by atoms with Gasteiger partial charge in [0.15, 0.2) is 0 Å². The molecule has 2 fully saturated rings. The van der Waals surface area contributed by atoms with Crippen molar-refractivity contribution < 1.29 is 9.59 Å². The zero-order chi connectivity index (χ0) is 16.9. The summed E-state index contributed by atoms with van der Waals surface area (Å²) in [5, 5.41) is 3.02. The molecule has 1 aromatic carbocycles. The fourth-order valence-corrected chi connectivity index (χ4v) is 3.09. The van der Waals surface area contributed by atoms with E-state index in [1.54, 1.807) is 0 Å². The van der Waals surface area contributed by atoms with Gasteiger partial charge in [-0.1, -0.05) is 24.3 Å². The fraction of sp³-hybridized carbons (Fsp3) is 0.579. The number of aryl methyl sites for hydroxylation is 1. The molecule has 1 aliphatic carbocycles. The van der Waals surface area contributed by atoms with Crippen molar-refractivity contribution in [3.63, 3.8) is 0 Å². The summed E-state index contributed by atoms with van der Waals surface area (Å²) in [4.78, 5) is 28.4. The van der Waals surface area contributed by atoms with Gasteiger partial charge < -0.3 is 10.2 Å². The lowest BCUT2D eigenvalue weighted by Gasteiger charge is -2.34. The van der Waals surface area contributed by atoms with Crippen molar-refractivity contribution >= 4 is 11.8 Å². The summed E-state index contributed by atoms with van der Waals surface area (Å²) in [6.45, 7) is 6.07. The minimum Gasteiger partial charge on any atom is -0.353 e. The number of nitrogens with one attached hydrogen (secondary N) is 1. The Morgan fingerprint density at radius 1 is 1.12 bits per heavy atom. The van der Waals surface area contributed by atoms with Gasteiger partial charge in [0.05, 0.1) is 6.42 Å². The van der Waals surface area contributed by atoms with Crippen LogP contribution in [0, 0.1) is 6.92 Å². The number of piperazine rings is 1. The normalized spacial score (nSPS) is 18.5. The largest absolute Gasteiger partial charge is 0.353 e. The Kier molecular flexibility index (Phi) is 5.51. The Balaban J connectivity index is 1.38. The predicted octanol–water partition coefficient (Wildman–Crippen LogP) is 1.35. The highest BCUT2D eigenvalue weighted by Crippen LogP contribution is 2.18. The molecule has 1 N–H and O–H groups in total. The van der Waals surface area contributed by atoms with Crippen molar-refractivity contribution in [2.75, 3.05) is 32.7 Å². The van der Waals surface area contributed by atoms with Crippen LogP contribution in [0.5, 0.6) is 0 Å². The topological polar surface area (TPSA) is 52.7 Å². The number of rotatable bonds is 6. The van der Waals surface area contributed by atoms with Crippen LogP contribution in [0.1, 0.15) is 30.4 Å². The van der Waals surface area contributed by atoms with Crippen molar-refractivity contribution in [1.29, 1.82) is 0 Å². The summed E-state index contributed by atoms with van der Waals surface area (Å²) in [7, 11) is 0. The van der Waals surface area contributed by atoms with Gasteiger partial charge in [-0.25, -0.2) is 0 Å². The second kappa shape index (κ2) is 7.79. The number of hydrogen-bond donors (Lipinski definition) is 1. The van der Waals surface area contributed by atoms with Gasteiger partial charge in [-0.15, -0.1) is 0 Å². The zero-order valence-corrected chi connectivity index (χ0v) is 14.5. The third-order valence-corrected chi connectivity index (χ3v) is 4.93. The molecule has 0 aromatic heterocycles. The van der Waals surface area contributed by atoms with E-state index in [9.17, 15) is 9.59 Å². The Morgan fingerprint density at radius 2 is 1.83 bits per heavy atom. The summed E-state index contributed by atoms with van der Waals surface area (Å²) in [6.07, 6.45) is 3.31. The summed E-state index contributed by atoms with van der Waals surface area (Å²) < 4.78 is 0. The average Bonchev–Trinajstić information content (AvgIpc) is 3.39. The van der Waals surface area contributed by atoms with Gasteiger partial charge in [-0.05, 0) is 30.9 Å². The molecule has 1 heterocycles. The van der Waals surface area contributed by atoms with E-state index in [2.05, 4.69) is 10.2 Å². The molecule has 0 unspecified atom stereocenters. The van der Waals surface area contributed by atoms with Gasteiger partial charge in [0.1, 0.15) is 0 Å². The smallest absolute Gasteiger partial charge is 0.227 e. The van der Waals surface area contributed by atoms with Crippen LogP contribution >= 0.6 is 0 Å². The lowest BCUT2D eigenvalue weighted by Crippen LogP contribution is -2.49. The second-order valence-corrected chi connectivity index (χ2v) is 6.92. The molecule has 2 amide bonds. The van der Waals surface area contributed by atoms with Crippen LogP contribution in [0.2, 0.25) is 0 Å². The van der Waals surface area contributed by atoms with Crippen LogP contribution in [-0.2, 0) is 16.0 Å². The maximum absolute atomic E-state index is 12.5. The van der Waals surface area contributed by atoms with E-state index in [4.69, 9.17) is 0 Å². The van der Waals surface area contributed by atoms with Crippen LogP contribution < -0.4 is 5.32 Å². The molecule has 0 spiro atoms. The number of hydrogen-bond acceptors (Lipinski definition) is 3. The molecule has 2 aliphatic rings. The maximum Gasteiger partial charge on any atom is 0.227 e. The predicted molar refractivity (Wildman–Crippen MR) is 93.7 cm³/mol. The molecule has 3 rings (SSSR count). The first kappa shape index (κ1) is 17.0. The van der Waals surface area contributed by atoms with Crippen LogP contribution in [0.3, 0.4) is 0 Å². The SMILES string of the molecule is Cc1ccccc1CC(=O)N1CCN(CCC(=O)NC2CC2)CC1. The van der Waals surface area contributed by atoms with E-state index in [1.807, 2.05) is 36.1 Å². The first-order valence-electron chi connectivity index (χ1n) is 8.96. The molecule has 130 valence electrons. The summed E-state index contributed by atoms with van der Waals surface area (Å²) in [6, 6.07) is 8.50. The molecular formula is C19H27N3O2. The molecule has 0 atom stereocenters. The van der Waals surface area contributed by atoms with E-state index in [0.29, 0.717) is 18.9 Å². The van der Waals surface area contributed by atoms with Crippen molar-refractivity contribution in [1.82, 2.24) is 15.1 Å². The minimum atomic E-state index is 0.163. The molecule has 0 bridgehead atoms. The van der Waals surface area contributed by atoms with Gasteiger partial charge in [0.25, 0.3) is 0 Å². The molecule has 1 aromatic rings. The fourth-order valence-electron chi connectivity index (χ4n) is 3.09. The number of amides is 2. The third-order valence-electron chi connectivity index (χ3n) is 4.93. The average molecular weight is 329 g/mol. The highest BCUT2D eigenvalue weighted by molar-refractivity contribution is 5.79. The quantitative estimate of drug-likeness (QED) is 0.857. The highest BCUT2D eigenvalue weighted by Gasteiger charge is 2.24. The van der Waals surface area contributed by atoms with Gasteiger partial charge in [0, 0.05) is 45.2 Å².